The summed E-state index contributed by atoms with van der Waals surface area (Å²) in [6.07, 6.45) is 9.10. The average Bonchev–Trinajstić information content (AvgIpc) is 2.52. The molecule has 1 aliphatic carbocycles. The Labute approximate surface area is 105 Å². The van der Waals surface area contributed by atoms with E-state index in [1.165, 1.54) is 38.5 Å². The van der Waals surface area contributed by atoms with Gasteiger partial charge in [0.25, 0.3) is 0 Å². The maximum absolute atomic E-state index is 10.6. The molecule has 0 atom stereocenters. The van der Waals surface area contributed by atoms with Crippen molar-refractivity contribution in [2.75, 3.05) is 6.54 Å². The zero-order valence-electron chi connectivity index (χ0n) is 11.3. The first kappa shape index (κ1) is 14.5. The Bertz CT molecular complexity index is 220. The second kappa shape index (κ2) is 7.70. The van der Waals surface area contributed by atoms with E-state index in [0.29, 0.717) is 18.5 Å². The maximum Gasteiger partial charge on any atom is 0.303 e. The van der Waals surface area contributed by atoms with Crippen LogP contribution in [0.1, 0.15) is 65.2 Å². The van der Waals surface area contributed by atoms with Gasteiger partial charge in [-0.15, -0.1) is 0 Å². The van der Waals surface area contributed by atoms with E-state index in [4.69, 9.17) is 5.11 Å². The third-order valence-electron chi connectivity index (χ3n) is 3.76. The molecule has 1 rings (SSSR count). The molecule has 0 saturated heterocycles. The van der Waals surface area contributed by atoms with E-state index in [-0.39, 0.29) is 0 Å². The maximum atomic E-state index is 10.6. The van der Waals surface area contributed by atoms with E-state index < -0.39 is 5.97 Å². The second-order valence-electron chi connectivity index (χ2n) is 5.47. The Balaban J connectivity index is 2.42. The molecule has 3 heteroatoms. The van der Waals surface area contributed by atoms with Crippen LogP contribution in [0, 0.1) is 0 Å². The van der Waals surface area contributed by atoms with Crippen molar-refractivity contribution in [2.45, 2.75) is 77.3 Å². The normalized spacial score (nSPS) is 18.6. The van der Waals surface area contributed by atoms with Gasteiger partial charge in [0.15, 0.2) is 0 Å². The van der Waals surface area contributed by atoms with Crippen LogP contribution in [-0.2, 0) is 4.79 Å². The first-order valence-electron chi connectivity index (χ1n) is 7.09. The molecule has 0 heterocycles. The quantitative estimate of drug-likeness (QED) is 0.725. The van der Waals surface area contributed by atoms with E-state index in [2.05, 4.69) is 18.7 Å². The van der Waals surface area contributed by atoms with Crippen molar-refractivity contribution in [3.05, 3.63) is 0 Å². The van der Waals surface area contributed by atoms with Crippen molar-refractivity contribution in [1.29, 1.82) is 0 Å². The van der Waals surface area contributed by atoms with Crippen molar-refractivity contribution in [1.82, 2.24) is 4.90 Å². The lowest BCUT2D eigenvalue weighted by atomic mass is 10.0. The van der Waals surface area contributed by atoms with Gasteiger partial charge in [-0.1, -0.05) is 25.7 Å². The highest BCUT2D eigenvalue weighted by atomic mass is 16.4. The summed E-state index contributed by atoms with van der Waals surface area (Å²) >= 11 is 0. The van der Waals surface area contributed by atoms with Gasteiger partial charge in [0.05, 0.1) is 0 Å². The third-order valence-corrected chi connectivity index (χ3v) is 3.76. The fraction of sp³-hybridized carbons (Fsp3) is 0.929. The highest BCUT2D eigenvalue weighted by molar-refractivity contribution is 5.66. The van der Waals surface area contributed by atoms with Crippen LogP contribution in [0.25, 0.3) is 0 Å². The second-order valence-corrected chi connectivity index (χ2v) is 5.47. The van der Waals surface area contributed by atoms with Crippen LogP contribution >= 0.6 is 0 Å². The molecule has 3 nitrogen and oxygen atoms in total. The van der Waals surface area contributed by atoms with E-state index in [1.54, 1.807) is 0 Å². The number of carbonyl (C=O) groups is 1. The molecule has 1 fully saturated rings. The lowest BCUT2D eigenvalue weighted by molar-refractivity contribution is -0.137. The van der Waals surface area contributed by atoms with Crippen molar-refractivity contribution < 1.29 is 9.90 Å². The Hall–Kier alpha value is -0.570. The molecule has 0 unspecified atom stereocenters. The van der Waals surface area contributed by atoms with Crippen LogP contribution in [0.3, 0.4) is 0 Å². The fourth-order valence-corrected chi connectivity index (χ4v) is 2.86. The Morgan fingerprint density at radius 1 is 1.24 bits per heavy atom. The van der Waals surface area contributed by atoms with Crippen LogP contribution in [0.2, 0.25) is 0 Å². The largest absolute Gasteiger partial charge is 0.481 e. The lowest BCUT2D eigenvalue weighted by Gasteiger charge is -2.34. The molecule has 0 aliphatic heterocycles. The summed E-state index contributed by atoms with van der Waals surface area (Å²) in [5.74, 6) is -0.672. The van der Waals surface area contributed by atoms with Crippen LogP contribution in [0.5, 0.6) is 0 Å². The van der Waals surface area contributed by atoms with Gasteiger partial charge in [0, 0.05) is 18.5 Å². The molecule has 17 heavy (non-hydrogen) atoms. The summed E-state index contributed by atoms with van der Waals surface area (Å²) in [6.45, 7) is 5.39. The van der Waals surface area contributed by atoms with Gasteiger partial charge in [0.2, 0.25) is 0 Å². The Kier molecular flexibility index (Phi) is 6.56. The van der Waals surface area contributed by atoms with E-state index in [0.717, 1.165) is 13.0 Å². The Morgan fingerprint density at radius 3 is 2.29 bits per heavy atom. The molecular formula is C14H27NO2. The van der Waals surface area contributed by atoms with Gasteiger partial charge >= 0.3 is 5.97 Å². The Morgan fingerprint density at radius 2 is 1.82 bits per heavy atom. The summed E-state index contributed by atoms with van der Waals surface area (Å²) in [5, 5.41) is 8.70. The number of carboxylic acids is 1. The van der Waals surface area contributed by atoms with E-state index in [1.807, 2.05) is 0 Å². The van der Waals surface area contributed by atoms with E-state index in [9.17, 15) is 4.79 Å². The summed E-state index contributed by atoms with van der Waals surface area (Å²) in [4.78, 5) is 13.1. The lowest BCUT2D eigenvalue weighted by Crippen LogP contribution is -2.41. The number of hydrogen-bond donors (Lipinski definition) is 1. The zero-order chi connectivity index (χ0) is 12.7. The van der Waals surface area contributed by atoms with Crippen LogP contribution in [0.15, 0.2) is 0 Å². The molecule has 100 valence electrons. The minimum absolute atomic E-state index is 0.302. The molecular weight excluding hydrogens is 214 g/mol. The minimum Gasteiger partial charge on any atom is -0.481 e. The van der Waals surface area contributed by atoms with Crippen molar-refractivity contribution in [3.8, 4) is 0 Å². The molecule has 1 aliphatic rings. The fourth-order valence-electron chi connectivity index (χ4n) is 2.86. The van der Waals surface area contributed by atoms with Crippen LogP contribution < -0.4 is 0 Å². The first-order valence-corrected chi connectivity index (χ1v) is 7.09. The van der Waals surface area contributed by atoms with Crippen LogP contribution in [0.4, 0.5) is 0 Å². The molecule has 1 N–H and O–H groups in total. The highest BCUT2D eigenvalue weighted by Crippen LogP contribution is 2.23. The molecule has 0 aromatic carbocycles. The van der Waals surface area contributed by atoms with Gasteiger partial charge in [-0.05, 0) is 39.7 Å². The summed E-state index contributed by atoms with van der Waals surface area (Å²) in [7, 11) is 0. The monoisotopic (exact) mass is 241 g/mol. The molecule has 0 radical (unpaired) electrons. The predicted octanol–water partition coefficient (Wildman–Crippen LogP) is 3.28. The number of rotatable bonds is 6. The standard InChI is InChI=1S/C14H27NO2/c1-12(2)15(11-7-10-14(16)17)13-8-5-3-4-6-9-13/h12-13H,3-11H2,1-2H3,(H,16,17). The van der Waals surface area contributed by atoms with Crippen molar-refractivity contribution in [3.63, 3.8) is 0 Å². The number of carboxylic acid groups (broad SMARTS) is 1. The highest BCUT2D eigenvalue weighted by Gasteiger charge is 2.21. The van der Waals surface area contributed by atoms with E-state index >= 15 is 0 Å². The summed E-state index contributed by atoms with van der Waals surface area (Å²) < 4.78 is 0. The SMILES string of the molecule is CC(C)N(CCCC(=O)O)C1CCCCCC1. The molecule has 0 spiro atoms. The first-order chi connectivity index (χ1) is 8.11. The average molecular weight is 241 g/mol. The van der Waals surface area contributed by atoms with Crippen LogP contribution in [-0.4, -0.2) is 34.6 Å². The predicted molar refractivity (Wildman–Crippen MR) is 70.2 cm³/mol. The molecule has 0 aromatic heterocycles. The van der Waals surface area contributed by atoms with Gasteiger partial charge in [0.1, 0.15) is 0 Å². The van der Waals surface area contributed by atoms with Gasteiger partial charge in [-0.3, -0.25) is 9.69 Å². The summed E-state index contributed by atoms with van der Waals surface area (Å²) in [5.41, 5.74) is 0. The van der Waals surface area contributed by atoms with Gasteiger partial charge in [-0.2, -0.15) is 0 Å². The smallest absolute Gasteiger partial charge is 0.303 e. The molecule has 0 amide bonds. The number of aliphatic carboxylic acids is 1. The van der Waals surface area contributed by atoms with Gasteiger partial charge < -0.3 is 5.11 Å². The minimum atomic E-state index is -0.672. The van der Waals surface area contributed by atoms with Crippen molar-refractivity contribution in [2.24, 2.45) is 0 Å². The molecule has 0 aromatic rings. The zero-order valence-corrected chi connectivity index (χ0v) is 11.3. The molecule has 1 saturated carbocycles. The van der Waals surface area contributed by atoms with Gasteiger partial charge in [-0.25, -0.2) is 0 Å². The number of hydrogen-bond acceptors (Lipinski definition) is 2. The van der Waals surface area contributed by atoms with Crippen molar-refractivity contribution >= 4 is 5.97 Å². The summed E-state index contributed by atoms with van der Waals surface area (Å²) in [6, 6.07) is 1.22. The topological polar surface area (TPSA) is 40.5 Å². The number of nitrogens with zero attached hydrogens (tertiary/aromatic N) is 1. The molecule has 0 bridgehead atoms. The third kappa shape index (κ3) is 5.53.